The highest BCUT2D eigenvalue weighted by molar-refractivity contribution is 7.09. The molecule has 1 heterocycles. The maximum absolute atomic E-state index is 12.8. The molecule has 0 saturated heterocycles. The summed E-state index contributed by atoms with van der Waals surface area (Å²) in [4.78, 5) is 30.6. The van der Waals surface area contributed by atoms with Crippen LogP contribution in [0.2, 0.25) is 0 Å². The van der Waals surface area contributed by atoms with Crippen molar-refractivity contribution in [3.8, 4) is 0 Å². The van der Waals surface area contributed by atoms with Crippen molar-refractivity contribution in [2.75, 3.05) is 26.4 Å². The zero-order valence-electron chi connectivity index (χ0n) is 15.1. The first kappa shape index (κ1) is 20.1. The Labute approximate surface area is 157 Å². The first-order valence-electron chi connectivity index (χ1n) is 8.69. The second-order valence-corrected chi connectivity index (χ2v) is 6.43. The molecule has 2 rings (SSSR count). The third kappa shape index (κ3) is 5.93. The summed E-state index contributed by atoms with van der Waals surface area (Å²) < 4.78 is 10.3. The fourth-order valence-corrected chi connectivity index (χ4v) is 3.14. The molecule has 0 atom stereocenters. The average molecular weight is 376 g/mol. The normalized spacial score (nSPS) is 10.5. The Hall–Kier alpha value is -2.25. The molecule has 0 bridgehead atoms. The molecule has 0 aliphatic heterocycles. The Bertz CT molecular complexity index is 703. The maximum atomic E-state index is 12.8. The van der Waals surface area contributed by atoms with Crippen molar-refractivity contribution in [2.45, 2.75) is 26.8 Å². The van der Waals surface area contributed by atoms with Crippen LogP contribution in [0.4, 0.5) is 0 Å². The molecule has 0 spiro atoms. The monoisotopic (exact) mass is 376 g/mol. The fraction of sp³-hybridized carbons (Fsp3) is 0.421. The van der Waals surface area contributed by atoms with Gasteiger partial charge in [-0.3, -0.25) is 4.79 Å². The van der Waals surface area contributed by atoms with Crippen LogP contribution in [0.25, 0.3) is 0 Å². The van der Waals surface area contributed by atoms with Crippen molar-refractivity contribution in [1.29, 1.82) is 0 Å². The van der Waals surface area contributed by atoms with E-state index in [9.17, 15) is 9.59 Å². The van der Waals surface area contributed by atoms with E-state index >= 15 is 0 Å². The van der Waals surface area contributed by atoms with Gasteiger partial charge in [-0.1, -0.05) is 18.2 Å². The minimum Gasteiger partial charge on any atom is -0.461 e. The number of carbonyl (C=O) groups excluding carboxylic acids is 2. The van der Waals surface area contributed by atoms with Crippen LogP contribution in [0.5, 0.6) is 0 Å². The Kier molecular flexibility index (Phi) is 8.24. The van der Waals surface area contributed by atoms with E-state index in [-0.39, 0.29) is 11.6 Å². The second-order valence-electron chi connectivity index (χ2n) is 5.49. The van der Waals surface area contributed by atoms with Gasteiger partial charge >= 0.3 is 5.97 Å². The van der Waals surface area contributed by atoms with E-state index in [0.717, 1.165) is 6.42 Å². The minimum atomic E-state index is -0.438. The summed E-state index contributed by atoms with van der Waals surface area (Å²) in [6, 6.07) is 9.15. The first-order chi connectivity index (χ1) is 12.7. The smallest absolute Gasteiger partial charge is 0.357 e. The number of aromatic nitrogens is 1. The van der Waals surface area contributed by atoms with Crippen LogP contribution in [0.3, 0.4) is 0 Å². The van der Waals surface area contributed by atoms with Crippen LogP contribution in [-0.2, 0) is 16.0 Å². The van der Waals surface area contributed by atoms with Gasteiger partial charge in [0.2, 0.25) is 0 Å². The summed E-state index contributed by atoms with van der Waals surface area (Å²) in [5.74, 6) is -0.498. The van der Waals surface area contributed by atoms with Crippen LogP contribution >= 0.6 is 11.3 Å². The van der Waals surface area contributed by atoms with E-state index in [4.69, 9.17) is 9.47 Å². The number of nitrogens with zero attached hydrogens (tertiary/aromatic N) is 2. The standard InChI is InChI=1S/C19H24N2O4S/c1-3-24-12-8-11-21(18(22)15-9-6-5-7-10-15)13-17-20-16(14-26-17)19(23)25-4-2/h5-7,9-10,14H,3-4,8,11-13H2,1-2H3. The lowest BCUT2D eigenvalue weighted by Gasteiger charge is -2.21. The molecule has 2 aromatic rings. The van der Waals surface area contributed by atoms with Gasteiger partial charge in [0.05, 0.1) is 13.2 Å². The van der Waals surface area contributed by atoms with Crippen molar-refractivity contribution in [2.24, 2.45) is 0 Å². The second kappa shape index (κ2) is 10.7. The molecule has 0 N–H and O–H groups in total. The fourth-order valence-electron chi connectivity index (χ4n) is 2.36. The topological polar surface area (TPSA) is 68.7 Å². The summed E-state index contributed by atoms with van der Waals surface area (Å²) >= 11 is 1.35. The molecule has 0 unspecified atom stereocenters. The van der Waals surface area contributed by atoms with E-state index < -0.39 is 5.97 Å². The molecule has 0 aliphatic carbocycles. The molecule has 6 nitrogen and oxygen atoms in total. The molecule has 140 valence electrons. The highest BCUT2D eigenvalue weighted by Gasteiger charge is 2.19. The molecular formula is C19H24N2O4S. The number of hydrogen-bond acceptors (Lipinski definition) is 6. The van der Waals surface area contributed by atoms with E-state index in [0.29, 0.717) is 43.5 Å². The minimum absolute atomic E-state index is 0.0602. The first-order valence-corrected chi connectivity index (χ1v) is 9.57. The number of ether oxygens (including phenoxy) is 2. The SMILES string of the molecule is CCOCCCN(Cc1nc(C(=O)OCC)cs1)C(=O)c1ccccc1. The van der Waals surface area contributed by atoms with Crippen LogP contribution < -0.4 is 0 Å². The lowest BCUT2D eigenvalue weighted by atomic mass is 10.2. The lowest BCUT2D eigenvalue weighted by Crippen LogP contribution is -2.32. The van der Waals surface area contributed by atoms with E-state index in [1.807, 2.05) is 25.1 Å². The van der Waals surface area contributed by atoms with Gasteiger partial charge in [0, 0.05) is 30.7 Å². The molecule has 0 radical (unpaired) electrons. The Morgan fingerprint density at radius 3 is 2.62 bits per heavy atom. The van der Waals surface area contributed by atoms with Crippen molar-refractivity contribution >= 4 is 23.2 Å². The molecular weight excluding hydrogens is 352 g/mol. The van der Waals surface area contributed by atoms with Gasteiger partial charge in [0.1, 0.15) is 5.01 Å². The van der Waals surface area contributed by atoms with E-state index in [1.54, 1.807) is 29.3 Å². The van der Waals surface area contributed by atoms with Gasteiger partial charge in [0.25, 0.3) is 5.91 Å². The number of hydrogen-bond donors (Lipinski definition) is 0. The summed E-state index contributed by atoms with van der Waals surface area (Å²) in [5.41, 5.74) is 0.916. The Morgan fingerprint density at radius 1 is 1.15 bits per heavy atom. The summed E-state index contributed by atoms with van der Waals surface area (Å²) in [5, 5.41) is 2.37. The quantitative estimate of drug-likeness (QED) is 0.470. The highest BCUT2D eigenvalue weighted by Crippen LogP contribution is 2.16. The molecule has 0 saturated carbocycles. The predicted octanol–water partition coefficient (Wildman–Crippen LogP) is 3.39. The molecule has 1 aromatic carbocycles. The maximum Gasteiger partial charge on any atom is 0.357 e. The Balaban J connectivity index is 2.08. The van der Waals surface area contributed by atoms with Gasteiger partial charge in [-0.15, -0.1) is 11.3 Å². The highest BCUT2D eigenvalue weighted by atomic mass is 32.1. The van der Waals surface area contributed by atoms with Crippen molar-refractivity contribution in [1.82, 2.24) is 9.88 Å². The largest absolute Gasteiger partial charge is 0.461 e. The zero-order chi connectivity index (χ0) is 18.8. The molecule has 1 aromatic heterocycles. The molecule has 7 heteroatoms. The zero-order valence-corrected chi connectivity index (χ0v) is 16.0. The van der Waals surface area contributed by atoms with Crippen LogP contribution in [0.1, 0.15) is 46.1 Å². The Morgan fingerprint density at radius 2 is 1.92 bits per heavy atom. The molecule has 0 aliphatic rings. The molecule has 1 amide bonds. The van der Waals surface area contributed by atoms with Gasteiger partial charge in [0.15, 0.2) is 5.69 Å². The molecule has 26 heavy (non-hydrogen) atoms. The third-order valence-corrected chi connectivity index (χ3v) is 4.42. The van der Waals surface area contributed by atoms with Crippen LogP contribution in [0, 0.1) is 0 Å². The van der Waals surface area contributed by atoms with Crippen molar-refractivity contribution in [3.05, 3.63) is 52.0 Å². The van der Waals surface area contributed by atoms with Gasteiger partial charge in [-0.2, -0.15) is 0 Å². The van der Waals surface area contributed by atoms with Gasteiger partial charge in [-0.05, 0) is 32.4 Å². The van der Waals surface area contributed by atoms with Crippen LogP contribution in [0.15, 0.2) is 35.7 Å². The van der Waals surface area contributed by atoms with E-state index in [2.05, 4.69) is 4.98 Å². The number of thiazole rings is 1. The number of carbonyl (C=O) groups is 2. The summed E-state index contributed by atoms with van der Waals surface area (Å²) in [7, 11) is 0. The number of benzene rings is 1. The van der Waals surface area contributed by atoms with E-state index in [1.165, 1.54) is 11.3 Å². The average Bonchev–Trinajstić information content (AvgIpc) is 3.13. The lowest BCUT2D eigenvalue weighted by molar-refractivity contribution is 0.0520. The molecule has 0 fully saturated rings. The number of rotatable bonds is 10. The predicted molar refractivity (Wildman–Crippen MR) is 100 cm³/mol. The third-order valence-electron chi connectivity index (χ3n) is 3.59. The summed E-state index contributed by atoms with van der Waals surface area (Å²) in [6.45, 7) is 6.17. The van der Waals surface area contributed by atoms with Crippen molar-refractivity contribution in [3.63, 3.8) is 0 Å². The summed E-state index contributed by atoms with van der Waals surface area (Å²) in [6.07, 6.45) is 0.739. The van der Waals surface area contributed by atoms with Crippen molar-refractivity contribution < 1.29 is 19.1 Å². The van der Waals surface area contributed by atoms with Gasteiger partial charge in [-0.25, -0.2) is 9.78 Å². The van der Waals surface area contributed by atoms with Crippen LogP contribution in [-0.4, -0.2) is 48.1 Å². The number of esters is 1. The number of amides is 1. The van der Waals surface area contributed by atoms with Gasteiger partial charge < -0.3 is 14.4 Å².